The Hall–Kier alpha value is -1.87. The Morgan fingerprint density at radius 1 is 1.19 bits per heavy atom. The van der Waals surface area contributed by atoms with E-state index in [0.717, 1.165) is 5.56 Å². The molecule has 0 amide bonds. The highest BCUT2D eigenvalue weighted by molar-refractivity contribution is 7.89. The second kappa shape index (κ2) is 8.43. The Balaban J connectivity index is 1.83. The fraction of sp³-hybridized carbons (Fsp3) is 0.389. The van der Waals surface area contributed by atoms with E-state index >= 15 is 0 Å². The van der Waals surface area contributed by atoms with Crippen LogP contribution in [0.1, 0.15) is 5.56 Å². The standard InChI is InChI=1S/C18H21ClN2O5S/c1-24-16-9-18(17(25-2)8-14(16)19)27(22,23)21-15-11-26-10-13(15)7-12-3-5-20-6-4-12/h3-6,8-9,13,15,21H,7,10-11H2,1-2H3/t13-,15+/m1/s1. The van der Waals surface area contributed by atoms with Crippen molar-refractivity contribution in [2.45, 2.75) is 17.4 Å². The Morgan fingerprint density at radius 3 is 2.56 bits per heavy atom. The molecule has 0 unspecified atom stereocenters. The average Bonchev–Trinajstić information content (AvgIpc) is 3.08. The van der Waals surface area contributed by atoms with Gasteiger partial charge >= 0.3 is 0 Å². The van der Waals surface area contributed by atoms with Gasteiger partial charge < -0.3 is 14.2 Å². The van der Waals surface area contributed by atoms with Gasteiger partial charge in [0.05, 0.1) is 38.5 Å². The van der Waals surface area contributed by atoms with Crippen molar-refractivity contribution in [1.29, 1.82) is 0 Å². The maximum Gasteiger partial charge on any atom is 0.244 e. The number of sulfonamides is 1. The molecule has 2 heterocycles. The zero-order valence-corrected chi connectivity index (χ0v) is 16.6. The molecule has 2 aromatic rings. The SMILES string of the molecule is COc1cc(S(=O)(=O)N[C@H]2COC[C@H]2Cc2ccncc2)c(OC)cc1Cl. The van der Waals surface area contributed by atoms with Crippen LogP contribution in [0, 0.1) is 5.92 Å². The summed E-state index contributed by atoms with van der Waals surface area (Å²) in [6.07, 6.45) is 4.13. The lowest BCUT2D eigenvalue weighted by atomic mass is 9.96. The Morgan fingerprint density at radius 2 is 1.89 bits per heavy atom. The predicted octanol–water partition coefficient (Wildman–Crippen LogP) is 2.29. The molecule has 1 fully saturated rings. The summed E-state index contributed by atoms with van der Waals surface area (Å²) in [5, 5.41) is 0.271. The van der Waals surface area contributed by atoms with Gasteiger partial charge in [0.15, 0.2) is 0 Å². The molecule has 1 N–H and O–H groups in total. The number of aromatic nitrogens is 1. The van der Waals surface area contributed by atoms with Crippen molar-refractivity contribution in [2.75, 3.05) is 27.4 Å². The van der Waals surface area contributed by atoms with Crippen molar-refractivity contribution >= 4 is 21.6 Å². The van der Waals surface area contributed by atoms with E-state index in [9.17, 15) is 8.42 Å². The van der Waals surface area contributed by atoms with Gasteiger partial charge in [-0.05, 0) is 24.1 Å². The fourth-order valence-corrected chi connectivity index (χ4v) is 4.74. The van der Waals surface area contributed by atoms with Gasteiger partial charge in [0, 0.05) is 30.4 Å². The van der Waals surface area contributed by atoms with Gasteiger partial charge in [0.2, 0.25) is 10.0 Å². The second-order valence-corrected chi connectivity index (χ2v) is 8.31. The minimum Gasteiger partial charge on any atom is -0.495 e. The third kappa shape index (κ3) is 4.52. The first kappa shape index (κ1) is 19.9. The summed E-state index contributed by atoms with van der Waals surface area (Å²) in [5.41, 5.74) is 1.08. The molecule has 1 saturated heterocycles. The van der Waals surface area contributed by atoms with Gasteiger partial charge in [-0.25, -0.2) is 13.1 Å². The van der Waals surface area contributed by atoms with Crippen molar-refractivity contribution in [3.05, 3.63) is 47.2 Å². The third-order valence-electron chi connectivity index (χ3n) is 4.48. The van der Waals surface area contributed by atoms with E-state index < -0.39 is 10.0 Å². The van der Waals surface area contributed by atoms with Crippen LogP contribution in [0.25, 0.3) is 0 Å². The molecule has 0 aliphatic carbocycles. The first-order chi connectivity index (χ1) is 12.9. The average molecular weight is 413 g/mol. The van der Waals surface area contributed by atoms with E-state index in [0.29, 0.717) is 19.6 Å². The molecule has 9 heteroatoms. The smallest absolute Gasteiger partial charge is 0.244 e. The molecule has 1 aromatic heterocycles. The maximum absolute atomic E-state index is 13.0. The lowest BCUT2D eigenvalue weighted by Gasteiger charge is -2.20. The largest absolute Gasteiger partial charge is 0.495 e. The summed E-state index contributed by atoms with van der Waals surface area (Å²) >= 11 is 6.07. The lowest BCUT2D eigenvalue weighted by molar-refractivity contribution is 0.183. The molecule has 0 radical (unpaired) electrons. The minimum atomic E-state index is -3.87. The molecular weight excluding hydrogens is 392 g/mol. The zero-order valence-electron chi connectivity index (χ0n) is 15.0. The highest BCUT2D eigenvalue weighted by Gasteiger charge is 2.33. The van der Waals surface area contributed by atoms with Crippen molar-refractivity contribution in [1.82, 2.24) is 9.71 Å². The molecule has 1 aliphatic heterocycles. The van der Waals surface area contributed by atoms with E-state index in [-0.39, 0.29) is 33.4 Å². The number of nitrogens with zero attached hydrogens (tertiary/aromatic N) is 1. The van der Waals surface area contributed by atoms with Gasteiger partial charge in [-0.2, -0.15) is 0 Å². The molecule has 7 nitrogen and oxygen atoms in total. The molecule has 0 bridgehead atoms. The van der Waals surface area contributed by atoms with Crippen molar-refractivity contribution in [3.8, 4) is 11.5 Å². The van der Waals surface area contributed by atoms with Crippen LogP contribution in [0.15, 0.2) is 41.6 Å². The summed E-state index contributed by atoms with van der Waals surface area (Å²) in [7, 11) is -1.05. The summed E-state index contributed by atoms with van der Waals surface area (Å²) < 4.78 is 44.6. The van der Waals surface area contributed by atoms with Crippen LogP contribution in [0.4, 0.5) is 0 Å². The monoisotopic (exact) mass is 412 g/mol. The van der Waals surface area contributed by atoms with Crippen LogP contribution in [0.3, 0.4) is 0 Å². The topological polar surface area (TPSA) is 86.8 Å². The van der Waals surface area contributed by atoms with Crippen molar-refractivity contribution < 1.29 is 22.6 Å². The van der Waals surface area contributed by atoms with Gasteiger partial charge in [-0.3, -0.25) is 4.98 Å². The van der Waals surface area contributed by atoms with Crippen molar-refractivity contribution in [2.24, 2.45) is 5.92 Å². The molecule has 1 aromatic carbocycles. The summed E-state index contributed by atoms with van der Waals surface area (Å²) in [6, 6.07) is 6.26. The van der Waals surface area contributed by atoms with Gasteiger partial charge in [-0.1, -0.05) is 11.6 Å². The quantitative estimate of drug-likeness (QED) is 0.750. The number of benzene rings is 1. The number of pyridine rings is 1. The predicted molar refractivity (Wildman–Crippen MR) is 101 cm³/mol. The summed E-state index contributed by atoms with van der Waals surface area (Å²) in [5.74, 6) is 0.425. The first-order valence-electron chi connectivity index (χ1n) is 8.35. The van der Waals surface area contributed by atoms with E-state index in [1.807, 2.05) is 12.1 Å². The van der Waals surface area contributed by atoms with Gasteiger partial charge in [-0.15, -0.1) is 0 Å². The third-order valence-corrected chi connectivity index (χ3v) is 6.29. The van der Waals surface area contributed by atoms with E-state index in [1.54, 1.807) is 12.4 Å². The highest BCUT2D eigenvalue weighted by atomic mass is 35.5. The van der Waals surface area contributed by atoms with Crippen LogP contribution in [0.5, 0.6) is 11.5 Å². The highest BCUT2D eigenvalue weighted by Crippen LogP contribution is 2.35. The molecule has 3 rings (SSSR count). The first-order valence-corrected chi connectivity index (χ1v) is 10.2. The van der Waals surface area contributed by atoms with Crippen LogP contribution in [-0.2, 0) is 21.2 Å². The molecule has 1 aliphatic rings. The molecule has 2 atom stereocenters. The zero-order chi connectivity index (χ0) is 19.4. The number of hydrogen-bond donors (Lipinski definition) is 1. The molecule has 27 heavy (non-hydrogen) atoms. The fourth-order valence-electron chi connectivity index (χ4n) is 3.06. The van der Waals surface area contributed by atoms with E-state index in [4.69, 9.17) is 25.8 Å². The van der Waals surface area contributed by atoms with Crippen LogP contribution < -0.4 is 14.2 Å². The Labute approximate surface area is 163 Å². The molecule has 0 saturated carbocycles. The van der Waals surface area contributed by atoms with E-state index in [1.165, 1.54) is 26.4 Å². The van der Waals surface area contributed by atoms with Gasteiger partial charge in [0.1, 0.15) is 16.4 Å². The number of halogens is 1. The van der Waals surface area contributed by atoms with Crippen LogP contribution >= 0.6 is 11.6 Å². The van der Waals surface area contributed by atoms with Crippen molar-refractivity contribution in [3.63, 3.8) is 0 Å². The van der Waals surface area contributed by atoms with Crippen LogP contribution in [0.2, 0.25) is 5.02 Å². The van der Waals surface area contributed by atoms with E-state index in [2.05, 4.69) is 9.71 Å². The minimum absolute atomic E-state index is 0.0161. The summed E-state index contributed by atoms with van der Waals surface area (Å²) in [4.78, 5) is 3.97. The molecule has 146 valence electrons. The number of hydrogen-bond acceptors (Lipinski definition) is 6. The Kier molecular flexibility index (Phi) is 6.21. The summed E-state index contributed by atoms with van der Waals surface area (Å²) in [6.45, 7) is 0.790. The van der Waals surface area contributed by atoms with Gasteiger partial charge in [0.25, 0.3) is 0 Å². The van der Waals surface area contributed by atoms with Crippen LogP contribution in [-0.4, -0.2) is 46.9 Å². The number of methoxy groups -OCH3 is 2. The number of nitrogens with one attached hydrogen (secondary N) is 1. The Bertz CT molecular complexity index is 892. The molecule has 0 spiro atoms. The normalized spacial score (nSPS) is 19.8. The number of ether oxygens (including phenoxy) is 3. The number of rotatable bonds is 7. The lowest BCUT2D eigenvalue weighted by Crippen LogP contribution is -2.40. The maximum atomic E-state index is 13.0. The second-order valence-electron chi connectivity index (χ2n) is 6.22. The molecular formula is C18H21ClN2O5S.